The van der Waals surface area contributed by atoms with Crippen LogP contribution in [0.15, 0.2) is 18.3 Å². The Morgan fingerprint density at radius 2 is 2.18 bits per heavy atom. The molecule has 118 valence electrons. The number of hydrogen-bond donors (Lipinski definition) is 1. The predicted octanol–water partition coefficient (Wildman–Crippen LogP) is 2.19. The molecule has 1 N–H and O–H groups in total. The lowest BCUT2D eigenvalue weighted by Crippen LogP contribution is -2.39. The summed E-state index contributed by atoms with van der Waals surface area (Å²) in [4.78, 5) is 17.9. The van der Waals surface area contributed by atoms with E-state index in [4.69, 9.17) is 4.74 Å². The Bertz CT molecular complexity index is 588. The Labute approximate surface area is 130 Å². The second kappa shape index (κ2) is 6.08. The van der Waals surface area contributed by atoms with Crippen molar-refractivity contribution in [2.45, 2.75) is 37.7 Å². The molecule has 1 aromatic rings. The molecule has 0 spiro atoms. The Kier molecular flexibility index (Phi) is 4.16. The SMILES string of the molecule is COc1cnc2c(c1)N(CCC1(O)CCC(=O)CC1)CC=C2. The number of pyridine rings is 1. The van der Waals surface area contributed by atoms with Gasteiger partial charge in [0.25, 0.3) is 0 Å². The van der Waals surface area contributed by atoms with Crippen LogP contribution in [-0.4, -0.2) is 41.7 Å². The molecule has 5 nitrogen and oxygen atoms in total. The Hall–Kier alpha value is -1.88. The molecule has 0 radical (unpaired) electrons. The summed E-state index contributed by atoms with van der Waals surface area (Å²) in [5.74, 6) is 1.01. The summed E-state index contributed by atoms with van der Waals surface area (Å²) in [7, 11) is 1.63. The molecule has 0 saturated heterocycles. The number of Topliss-reactive ketones (excluding diaryl/α,β-unsaturated/α-hetero) is 1. The molecule has 0 unspecified atom stereocenters. The van der Waals surface area contributed by atoms with Crippen LogP contribution < -0.4 is 9.64 Å². The summed E-state index contributed by atoms with van der Waals surface area (Å²) in [5.41, 5.74) is 1.26. The molecule has 22 heavy (non-hydrogen) atoms. The molecule has 1 aliphatic heterocycles. The standard InChI is InChI=1S/C17H22N2O3/c1-22-14-11-16-15(18-12-14)3-2-9-19(16)10-8-17(21)6-4-13(20)5-7-17/h2-3,11-12,21H,4-10H2,1H3. The molecule has 0 amide bonds. The fraction of sp³-hybridized carbons (Fsp3) is 0.529. The summed E-state index contributed by atoms with van der Waals surface area (Å²) in [6, 6.07) is 1.99. The minimum absolute atomic E-state index is 0.268. The van der Waals surface area contributed by atoms with Crippen molar-refractivity contribution in [2.75, 3.05) is 25.1 Å². The van der Waals surface area contributed by atoms with Gasteiger partial charge in [0.2, 0.25) is 0 Å². The van der Waals surface area contributed by atoms with Crippen LogP contribution >= 0.6 is 0 Å². The van der Waals surface area contributed by atoms with Crippen molar-refractivity contribution in [3.05, 3.63) is 24.0 Å². The van der Waals surface area contributed by atoms with Gasteiger partial charge < -0.3 is 14.7 Å². The minimum atomic E-state index is -0.707. The fourth-order valence-electron chi connectivity index (χ4n) is 3.13. The second-order valence-corrected chi connectivity index (χ2v) is 6.14. The second-order valence-electron chi connectivity index (χ2n) is 6.14. The molecule has 3 rings (SSSR count). The average Bonchev–Trinajstić information content (AvgIpc) is 2.55. The number of nitrogens with zero attached hydrogens (tertiary/aromatic N) is 2. The van der Waals surface area contributed by atoms with E-state index >= 15 is 0 Å². The Morgan fingerprint density at radius 3 is 2.91 bits per heavy atom. The number of aliphatic hydroxyl groups is 1. The maximum Gasteiger partial charge on any atom is 0.139 e. The number of ether oxygens (including phenoxy) is 1. The van der Waals surface area contributed by atoms with Crippen LogP contribution in [0.1, 0.15) is 37.8 Å². The Morgan fingerprint density at radius 1 is 1.41 bits per heavy atom. The van der Waals surface area contributed by atoms with E-state index in [-0.39, 0.29) is 5.78 Å². The van der Waals surface area contributed by atoms with Gasteiger partial charge in [0.05, 0.1) is 30.3 Å². The third-order valence-corrected chi connectivity index (χ3v) is 4.64. The maximum absolute atomic E-state index is 11.3. The molecule has 1 fully saturated rings. The molecule has 0 atom stereocenters. The van der Waals surface area contributed by atoms with Crippen molar-refractivity contribution in [3.8, 4) is 5.75 Å². The summed E-state index contributed by atoms with van der Waals surface area (Å²) in [6.45, 7) is 1.55. The zero-order valence-electron chi connectivity index (χ0n) is 12.9. The molecule has 5 heteroatoms. The van der Waals surface area contributed by atoms with Crippen LogP contribution in [-0.2, 0) is 4.79 Å². The summed E-state index contributed by atoms with van der Waals surface area (Å²) >= 11 is 0. The number of aromatic nitrogens is 1. The maximum atomic E-state index is 11.3. The highest BCUT2D eigenvalue weighted by atomic mass is 16.5. The van der Waals surface area contributed by atoms with Gasteiger partial charge in [0, 0.05) is 32.0 Å². The molecule has 1 aliphatic carbocycles. The van der Waals surface area contributed by atoms with Crippen molar-refractivity contribution < 1.29 is 14.6 Å². The van der Waals surface area contributed by atoms with Crippen LogP contribution in [0.4, 0.5) is 5.69 Å². The van der Waals surface area contributed by atoms with Gasteiger partial charge in [0.15, 0.2) is 0 Å². The van der Waals surface area contributed by atoms with Gasteiger partial charge >= 0.3 is 0 Å². The lowest BCUT2D eigenvalue weighted by molar-refractivity contribution is -0.125. The van der Waals surface area contributed by atoms with E-state index in [1.807, 2.05) is 12.1 Å². The van der Waals surface area contributed by atoms with E-state index in [9.17, 15) is 9.90 Å². The average molecular weight is 302 g/mol. The summed E-state index contributed by atoms with van der Waals surface area (Å²) in [6.07, 6.45) is 8.65. The number of carbonyl (C=O) groups excluding carboxylic acids is 1. The minimum Gasteiger partial charge on any atom is -0.495 e. The highest BCUT2D eigenvalue weighted by Gasteiger charge is 2.32. The first-order chi connectivity index (χ1) is 10.6. The summed E-state index contributed by atoms with van der Waals surface area (Å²) < 4.78 is 5.25. The van der Waals surface area contributed by atoms with Gasteiger partial charge in [-0.05, 0) is 25.3 Å². The van der Waals surface area contributed by atoms with Crippen LogP contribution in [0.5, 0.6) is 5.75 Å². The van der Waals surface area contributed by atoms with Crippen molar-refractivity contribution in [1.29, 1.82) is 0 Å². The molecule has 1 saturated carbocycles. The number of hydrogen-bond acceptors (Lipinski definition) is 5. The molecular formula is C17H22N2O3. The number of ketones is 1. The molecule has 0 aromatic carbocycles. The molecule has 2 aliphatic rings. The smallest absolute Gasteiger partial charge is 0.139 e. The van der Waals surface area contributed by atoms with Crippen LogP contribution in [0.2, 0.25) is 0 Å². The van der Waals surface area contributed by atoms with E-state index in [1.54, 1.807) is 13.3 Å². The number of anilines is 1. The van der Waals surface area contributed by atoms with Crippen LogP contribution in [0.25, 0.3) is 6.08 Å². The molecule has 2 heterocycles. The van der Waals surface area contributed by atoms with Gasteiger partial charge in [0.1, 0.15) is 11.5 Å². The topological polar surface area (TPSA) is 62.7 Å². The first-order valence-electron chi connectivity index (χ1n) is 7.79. The van der Waals surface area contributed by atoms with Gasteiger partial charge in [-0.1, -0.05) is 6.08 Å². The van der Waals surface area contributed by atoms with E-state index in [0.29, 0.717) is 32.1 Å². The quantitative estimate of drug-likeness (QED) is 0.923. The number of rotatable bonds is 4. The van der Waals surface area contributed by atoms with Crippen LogP contribution in [0, 0.1) is 0 Å². The van der Waals surface area contributed by atoms with Crippen molar-refractivity contribution >= 4 is 17.5 Å². The summed E-state index contributed by atoms with van der Waals surface area (Å²) in [5, 5.41) is 10.6. The number of carbonyl (C=O) groups is 1. The third kappa shape index (κ3) is 3.14. The number of fused-ring (bicyclic) bond motifs is 1. The fourth-order valence-corrected chi connectivity index (χ4v) is 3.13. The van der Waals surface area contributed by atoms with Crippen LogP contribution in [0.3, 0.4) is 0 Å². The largest absolute Gasteiger partial charge is 0.495 e. The molecule has 1 aromatic heterocycles. The third-order valence-electron chi connectivity index (χ3n) is 4.64. The zero-order chi connectivity index (χ0) is 15.6. The molecule has 0 bridgehead atoms. The van der Waals surface area contributed by atoms with Gasteiger partial charge in [-0.15, -0.1) is 0 Å². The highest BCUT2D eigenvalue weighted by molar-refractivity contribution is 5.79. The van der Waals surface area contributed by atoms with Crippen molar-refractivity contribution in [3.63, 3.8) is 0 Å². The van der Waals surface area contributed by atoms with Gasteiger partial charge in [-0.25, -0.2) is 0 Å². The first kappa shape index (κ1) is 15.0. The normalized spacial score (nSPS) is 19.9. The van der Waals surface area contributed by atoms with Gasteiger partial charge in [-0.2, -0.15) is 0 Å². The lowest BCUT2D eigenvalue weighted by atomic mass is 9.82. The van der Waals surface area contributed by atoms with Gasteiger partial charge in [-0.3, -0.25) is 9.78 Å². The van der Waals surface area contributed by atoms with Crippen molar-refractivity contribution in [2.24, 2.45) is 0 Å². The number of methoxy groups -OCH3 is 1. The highest BCUT2D eigenvalue weighted by Crippen LogP contribution is 2.32. The van der Waals surface area contributed by atoms with Crippen molar-refractivity contribution in [1.82, 2.24) is 4.98 Å². The molecular weight excluding hydrogens is 280 g/mol. The van der Waals surface area contributed by atoms with E-state index in [2.05, 4.69) is 16.0 Å². The predicted molar refractivity (Wildman–Crippen MR) is 85.1 cm³/mol. The van der Waals surface area contributed by atoms with E-state index in [1.165, 1.54) is 0 Å². The monoisotopic (exact) mass is 302 g/mol. The van der Waals surface area contributed by atoms with E-state index in [0.717, 1.165) is 30.2 Å². The first-order valence-corrected chi connectivity index (χ1v) is 7.79. The lowest BCUT2D eigenvalue weighted by Gasteiger charge is -2.35. The zero-order valence-corrected chi connectivity index (χ0v) is 12.9. The van der Waals surface area contributed by atoms with E-state index < -0.39 is 5.60 Å². The Balaban J connectivity index is 1.69.